The van der Waals surface area contributed by atoms with Crippen LogP contribution in [-0.2, 0) is 4.79 Å². The molecule has 1 saturated heterocycles. The third-order valence-corrected chi connectivity index (χ3v) is 2.87. The second-order valence-electron chi connectivity index (χ2n) is 4.27. The summed E-state index contributed by atoms with van der Waals surface area (Å²) in [7, 11) is 0. The molecule has 1 atom stereocenters. The average Bonchev–Trinajstić information content (AvgIpc) is 2.43. The van der Waals surface area contributed by atoms with Crippen LogP contribution in [0.25, 0.3) is 0 Å². The second kappa shape index (κ2) is 6.03. The van der Waals surface area contributed by atoms with E-state index in [1.165, 1.54) is 0 Å². The Morgan fingerprint density at radius 2 is 1.73 bits per heavy atom. The normalized spacial score (nSPS) is 20.1. The number of carbonyl (C=O) groups excluding carboxylic acids is 1. The topological polar surface area (TPSA) is 20.3 Å². The fraction of sp³-hybridized carbons (Fsp3) is 0.909. The quantitative estimate of drug-likeness (QED) is 0.714. The van der Waals surface area contributed by atoms with Crippen molar-refractivity contribution in [2.24, 2.45) is 5.92 Å². The van der Waals surface area contributed by atoms with E-state index in [4.69, 9.17) is 0 Å². The number of hydrogen-bond donors (Lipinski definition) is 0. The van der Waals surface area contributed by atoms with Crippen molar-refractivity contribution in [1.82, 2.24) is 4.90 Å². The Balaban J connectivity index is 2.42. The molecule has 88 valence electrons. The summed E-state index contributed by atoms with van der Waals surface area (Å²) in [4.78, 5) is 13.5. The summed E-state index contributed by atoms with van der Waals surface area (Å²) in [5.41, 5.74) is 0. The zero-order valence-corrected chi connectivity index (χ0v) is 9.22. The van der Waals surface area contributed by atoms with Crippen LogP contribution in [0.4, 0.5) is 8.78 Å². The summed E-state index contributed by atoms with van der Waals surface area (Å²) in [6, 6.07) is 0. The molecule has 0 aromatic carbocycles. The summed E-state index contributed by atoms with van der Waals surface area (Å²) in [6.45, 7) is 3.08. The maximum atomic E-state index is 12.1. The smallest absolute Gasteiger partial charge is 0.239 e. The van der Waals surface area contributed by atoms with Gasteiger partial charge in [0.1, 0.15) is 0 Å². The molecule has 0 aromatic heterocycles. The molecule has 1 rings (SSSR count). The molecule has 15 heavy (non-hydrogen) atoms. The molecule has 1 aliphatic heterocycles. The average molecular weight is 219 g/mol. The van der Waals surface area contributed by atoms with Gasteiger partial charge in [-0.05, 0) is 12.8 Å². The zero-order valence-electron chi connectivity index (χ0n) is 9.22. The first-order valence-electron chi connectivity index (χ1n) is 5.68. The lowest BCUT2D eigenvalue weighted by molar-refractivity contribution is -0.136. The van der Waals surface area contributed by atoms with Crippen LogP contribution >= 0.6 is 0 Å². The fourth-order valence-corrected chi connectivity index (χ4v) is 1.97. The van der Waals surface area contributed by atoms with Crippen LogP contribution in [0, 0.1) is 5.92 Å². The Morgan fingerprint density at radius 1 is 1.20 bits per heavy atom. The molecule has 4 heteroatoms. The molecular formula is C11H19F2NO. The van der Waals surface area contributed by atoms with Crippen molar-refractivity contribution in [1.29, 1.82) is 0 Å². The number of alkyl halides is 2. The highest BCUT2D eigenvalue weighted by Gasteiger charge is 2.23. The van der Waals surface area contributed by atoms with Gasteiger partial charge in [-0.15, -0.1) is 0 Å². The van der Waals surface area contributed by atoms with Crippen LogP contribution in [0.3, 0.4) is 0 Å². The molecule has 1 fully saturated rings. The summed E-state index contributed by atoms with van der Waals surface area (Å²) < 4.78 is 24.2. The first kappa shape index (κ1) is 12.4. The molecular weight excluding hydrogens is 200 g/mol. The third-order valence-electron chi connectivity index (χ3n) is 2.87. The number of likely N-dealkylation sites (tertiary alicyclic amines) is 1. The van der Waals surface area contributed by atoms with Gasteiger partial charge in [0.15, 0.2) is 0 Å². The van der Waals surface area contributed by atoms with Crippen molar-refractivity contribution in [2.45, 2.75) is 45.5 Å². The first-order chi connectivity index (χ1) is 7.11. The molecule has 2 nitrogen and oxygen atoms in total. The van der Waals surface area contributed by atoms with Gasteiger partial charge in [-0.1, -0.05) is 19.8 Å². The lowest BCUT2D eigenvalue weighted by atomic mass is 10.1. The summed E-state index contributed by atoms with van der Waals surface area (Å²) >= 11 is 0. The minimum Gasteiger partial charge on any atom is -0.342 e. The zero-order chi connectivity index (χ0) is 11.3. The van der Waals surface area contributed by atoms with E-state index in [1.807, 2.05) is 0 Å². The number of carbonyl (C=O) groups is 1. The predicted molar refractivity (Wildman–Crippen MR) is 54.8 cm³/mol. The van der Waals surface area contributed by atoms with Crippen LogP contribution in [0.5, 0.6) is 0 Å². The van der Waals surface area contributed by atoms with Gasteiger partial charge in [0.05, 0.1) is 0 Å². The summed E-state index contributed by atoms with van der Waals surface area (Å²) in [5, 5.41) is 0. The van der Waals surface area contributed by atoms with E-state index < -0.39 is 12.3 Å². The molecule has 0 aromatic rings. The van der Waals surface area contributed by atoms with Gasteiger partial charge in [-0.25, -0.2) is 8.78 Å². The van der Waals surface area contributed by atoms with Crippen molar-refractivity contribution in [3.05, 3.63) is 0 Å². The van der Waals surface area contributed by atoms with Crippen molar-refractivity contribution in [2.75, 3.05) is 13.1 Å². The Kier molecular flexibility index (Phi) is 4.99. The Bertz CT molecular complexity index is 201. The highest BCUT2D eigenvalue weighted by molar-refractivity contribution is 5.78. The number of nitrogens with zero attached hydrogens (tertiary/aromatic N) is 1. The number of hydrogen-bond acceptors (Lipinski definition) is 1. The van der Waals surface area contributed by atoms with E-state index in [2.05, 4.69) is 0 Å². The Morgan fingerprint density at radius 3 is 2.20 bits per heavy atom. The molecule has 0 bridgehead atoms. The fourth-order valence-electron chi connectivity index (χ4n) is 1.97. The van der Waals surface area contributed by atoms with Gasteiger partial charge >= 0.3 is 0 Å². The van der Waals surface area contributed by atoms with Gasteiger partial charge < -0.3 is 4.90 Å². The van der Waals surface area contributed by atoms with Crippen LogP contribution in [0.1, 0.15) is 39.0 Å². The van der Waals surface area contributed by atoms with Crippen LogP contribution in [0.2, 0.25) is 0 Å². The predicted octanol–water partition coefficient (Wildman–Crippen LogP) is 2.68. The number of amides is 1. The highest BCUT2D eigenvalue weighted by atomic mass is 19.3. The molecule has 0 N–H and O–H groups in total. The van der Waals surface area contributed by atoms with Crippen molar-refractivity contribution in [3.63, 3.8) is 0 Å². The monoisotopic (exact) mass is 219 g/mol. The van der Waals surface area contributed by atoms with E-state index in [0.29, 0.717) is 0 Å². The van der Waals surface area contributed by atoms with Gasteiger partial charge in [-0.3, -0.25) is 4.79 Å². The van der Waals surface area contributed by atoms with E-state index in [1.54, 1.807) is 11.8 Å². The third kappa shape index (κ3) is 4.14. The molecule has 0 spiro atoms. The molecule has 0 radical (unpaired) electrons. The molecule has 1 heterocycles. The molecule has 1 amide bonds. The van der Waals surface area contributed by atoms with E-state index in [-0.39, 0.29) is 12.3 Å². The lowest BCUT2D eigenvalue weighted by Crippen LogP contribution is -2.36. The SMILES string of the molecule is C[C@H](CC(F)F)C(=O)N1CCCCCC1. The largest absolute Gasteiger partial charge is 0.342 e. The van der Waals surface area contributed by atoms with Gasteiger partial charge in [0.25, 0.3) is 0 Å². The van der Waals surface area contributed by atoms with Crippen molar-refractivity contribution in [3.8, 4) is 0 Å². The number of rotatable bonds is 3. The maximum absolute atomic E-state index is 12.1. The standard InChI is InChI=1S/C11H19F2NO/c1-9(8-10(12)13)11(15)14-6-4-2-3-5-7-14/h9-10H,2-8H2,1H3/t9-/m1/s1. The van der Waals surface area contributed by atoms with Gasteiger partial charge in [0, 0.05) is 25.4 Å². The van der Waals surface area contributed by atoms with E-state index in [9.17, 15) is 13.6 Å². The molecule has 0 unspecified atom stereocenters. The first-order valence-corrected chi connectivity index (χ1v) is 5.68. The van der Waals surface area contributed by atoms with Crippen molar-refractivity contribution < 1.29 is 13.6 Å². The lowest BCUT2D eigenvalue weighted by Gasteiger charge is -2.23. The van der Waals surface area contributed by atoms with Gasteiger partial charge in [0.2, 0.25) is 12.3 Å². The summed E-state index contributed by atoms with van der Waals surface area (Å²) in [6.07, 6.45) is 1.62. The Hall–Kier alpha value is -0.670. The maximum Gasteiger partial charge on any atom is 0.239 e. The molecule has 0 aliphatic carbocycles. The van der Waals surface area contributed by atoms with E-state index >= 15 is 0 Å². The van der Waals surface area contributed by atoms with Crippen LogP contribution in [-0.4, -0.2) is 30.3 Å². The van der Waals surface area contributed by atoms with E-state index in [0.717, 1.165) is 38.8 Å². The number of halogens is 2. The van der Waals surface area contributed by atoms with Crippen LogP contribution in [0.15, 0.2) is 0 Å². The second-order valence-corrected chi connectivity index (χ2v) is 4.27. The highest BCUT2D eigenvalue weighted by Crippen LogP contribution is 2.16. The summed E-state index contributed by atoms with van der Waals surface area (Å²) in [5.74, 6) is -0.639. The minimum atomic E-state index is -2.38. The molecule has 0 saturated carbocycles. The van der Waals surface area contributed by atoms with Gasteiger partial charge in [-0.2, -0.15) is 0 Å². The van der Waals surface area contributed by atoms with Crippen LogP contribution < -0.4 is 0 Å². The Labute approximate surface area is 89.6 Å². The minimum absolute atomic E-state index is 0.0998. The van der Waals surface area contributed by atoms with Crippen molar-refractivity contribution >= 4 is 5.91 Å². The molecule has 1 aliphatic rings.